The number of ether oxygens (including phenoxy) is 2. The molecule has 1 aromatic carbocycles. The van der Waals surface area contributed by atoms with Gasteiger partial charge in [0.05, 0.1) is 13.7 Å². The normalized spacial score (nSPS) is 14.4. The van der Waals surface area contributed by atoms with Crippen LogP contribution in [0.4, 0.5) is 0 Å². The second kappa shape index (κ2) is 8.99. The summed E-state index contributed by atoms with van der Waals surface area (Å²) in [6.45, 7) is 5.75. The first kappa shape index (κ1) is 17.9. The fourth-order valence-corrected chi connectivity index (χ4v) is 2.92. The third-order valence-electron chi connectivity index (χ3n) is 3.90. The Balaban J connectivity index is 1.80. The molecule has 1 amide bonds. The zero-order chi connectivity index (χ0) is 16.7. The van der Waals surface area contributed by atoms with E-state index in [9.17, 15) is 4.79 Å². The molecule has 1 saturated heterocycles. The van der Waals surface area contributed by atoms with Crippen LogP contribution in [0.25, 0.3) is 0 Å². The highest BCUT2D eigenvalue weighted by molar-refractivity contribution is 6.31. The summed E-state index contributed by atoms with van der Waals surface area (Å²) in [4.78, 5) is 13.5. The number of nitrogens with one attached hydrogen (secondary N) is 1. The van der Waals surface area contributed by atoms with Crippen molar-refractivity contribution >= 4 is 17.5 Å². The first-order chi connectivity index (χ1) is 11.2. The summed E-state index contributed by atoms with van der Waals surface area (Å²) in [5.41, 5.74) is 0.980. The van der Waals surface area contributed by atoms with Gasteiger partial charge in [0.25, 0.3) is 0 Å². The Hall–Kier alpha value is -1.46. The van der Waals surface area contributed by atoms with Crippen molar-refractivity contribution in [3.8, 4) is 11.5 Å². The molecule has 1 heterocycles. The molecule has 1 aliphatic rings. The molecule has 0 aromatic heterocycles. The minimum Gasteiger partial charge on any atom is -0.493 e. The molecule has 2 rings (SSSR count). The predicted molar refractivity (Wildman–Crippen MR) is 91.3 cm³/mol. The maximum atomic E-state index is 11.5. The number of hydrogen-bond donors (Lipinski definition) is 1. The average Bonchev–Trinajstić information content (AvgIpc) is 2.95. The van der Waals surface area contributed by atoms with Crippen LogP contribution in [-0.2, 0) is 11.3 Å². The van der Waals surface area contributed by atoms with Gasteiger partial charge in [-0.2, -0.15) is 0 Å². The van der Waals surface area contributed by atoms with Gasteiger partial charge in [-0.15, -0.1) is 0 Å². The van der Waals surface area contributed by atoms with Crippen molar-refractivity contribution in [2.45, 2.75) is 32.7 Å². The van der Waals surface area contributed by atoms with Crippen LogP contribution in [0.1, 0.15) is 31.7 Å². The number of amides is 1. The van der Waals surface area contributed by atoms with Crippen LogP contribution < -0.4 is 14.8 Å². The molecule has 1 aliphatic heterocycles. The average molecular weight is 341 g/mol. The van der Waals surface area contributed by atoms with Gasteiger partial charge < -0.3 is 19.7 Å². The van der Waals surface area contributed by atoms with Crippen LogP contribution in [0.2, 0.25) is 5.02 Å². The molecule has 0 radical (unpaired) electrons. The summed E-state index contributed by atoms with van der Waals surface area (Å²) in [5.74, 6) is 1.64. The molecule has 5 nitrogen and oxygen atoms in total. The summed E-state index contributed by atoms with van der Waals surface area (Å²) < 4.78 is 10.9. The number of rotatable bonds is 9. The molecule has 23 heavy (non-hydrogen) atoms. The fourth-order valence-electron chi connectivity index (χ4n) is 2.70. The van der Waals surface area contributed by atoms with Crippen molar-refractivity contribution in [3.05, 3.63) is 22.7 Å². The fraction of sp³-hybridized carbons (Fsp3) is 0.588. The molecule has 0 spiro atoms. The van der Waals surface area contributed by atoms with Gasteiger partial charge in [0.1, 0.15) is 0 Å². The molecule has 0 bridgehead atoms. The second-order valence-corrected chi connectivity index (χ2v) is 5.95. The Labute approximate surface area is 142 Å². The zero-order valence-electron chi connectivity index (χ0n) is 13.9. The van der Waals surface area contributed by atoms with Crippen LogP contribution in [0.15, 0.2) is 12.1 Å². The van der Waals surface area contributed by atoms with Gasteiger partial charge in [-0.05, 0) is 37.9 Å². The largest absolute Gasteiger partial charge is 0.493 e. The molecule has 6 heteroatoms. The summed E-state index contributed by atoms with van der Waals surface area (Å²) in [7, 11) is 1.60. The van der Waals surface area contributed by atoms with Crippen molar-refractivity contribution in [3.63, 3.8) is 0 Å². The molecule has 1 fully saturated rings. The lowest BCUT2D eigenvalue weighted by molar-refractivity contribution is -0.127. The van der Waals surface area contributed by atoms with Gasteiger partial charge >= 0.3 is 0 Å². The summed E-state index contributed by atoms with van der Waals surface area (Å²) in [6, 6.07) is 3.70. The number of nitrogens with zero attached hydrogens (tertiary/aromatic N) is 1. The van der Waals surface area contributed by atoms with E-state index in [1.54, 1.807) is 13.2 Å². The summed E-state index contributed by atoms with van der Waals surface area (Å²) in [6.07, 6.45) is 2.64. The Bertz CT molecular complexity index is 537. The SMILES string of the molecule is CCOc1cc(CNCCCN2CCCC2=O)c(Cl)cc1OC. The number of methoxy groups -OCH3 is 1. The number of halogens is 1. The van der Waals surface area contributed by atoms with Gasteiger partial charge in [0, 0.05) is 37.1 Å². The molecule has 1 aromatic rings. The lowest BCUT2D eigenvalue weighted by Gasteiger charge is -2.16. The molecule has 0 saturated carbocycles. The third kappa shape index (κ3) is 5.01. The molecular weight excluding hydrogens is 316 g/mol. The van der Waals surface area contributed by atoms with Crippen molar-refractivity contribution in [1.82, 2.24) is 10.2 Å². The van der Waals surface area contributed by atoms with Gasteiger partial charge in [0.2, 0.25) is 5.91 Å². The first-order valence-electron chi connectivity index (χ1n) is 8.13. The Morgan fingerprint density at radius 3 is 2.83 bits per heavy atom. The van der Waals surface area contributed by atoms with E-state index in [4.69, 9.17) is 21.1 Å². The minimum atomic E-state index is 0.282. The summed E-state index contributed by atoms with van der Waals surface area (Å²) in [5, 5.41) is 4.03. The molecule has 1 N–H and O–H groups in total. The van der Waals surface area contributed by atoms with E-state index in [1.807, 2.05) is 17.9 Å². The van der Waals surface area contributed by atoms with Gasteiger partial charge in [-0.25, -0.2) is 0 Å². The van der Waals surface area contributed by atoms with Gasteiger partial charge in [-0.3, -0.25) is 4.79 Å². The predicted octanol–water partition coefficient (Wildman–Crippen LogP) is 2.85. The van der Waals surface area contributed by atoms with Crippen LogP contribution in [0, 0.1) is 0 Å². The molecule has 0 aliphatic carbocycles. The highest BCUT2D eigenvalue weighted by Crippen LogP contribution is 2.33. The molecule has 0 atom stereocenters. The smallest absolute Gasteiger partial charge is 0.222 e. The van der Waals surface area contributed by atoms with E-state index in [0.29, 0.717) is 36.1 Å². The Morgan fingerprint density at radius 2 is 2.17 bits per heavy atom. The maximum absolute atomic E-state index is 11.5. The first-order valence-corrected chi connectivity index (χ1v) is 8.51. The van der Waals surface area contributed by atoms with Crippen LogP contribution in [0.3, 0.4) is 0 Å². The topological polar surface area (TPSA) is 50.8 Å². The third-order valence-corrected chi connectivity index (χ3v) is 4.25. The van der Waals surface area contributed by atoms with Crippen LogP contribution in [-0.4, -0.2) is 44.2 Å². The van der Waals surface area contributed by atoms with Crippen molar-refractivity contribution in [1.29, 1.82) is 0 Å². The van der Waals surface area contributed by atoms with E-state index in [2.05, 4.69) is 5.32 Å². The Kier molecular flexibility index (Phi) is 6.99. The van der Waals surface area contributed by atoms with E-state index in [0.717, 1.165) is 38.0 Å². The summed E-state index contributed by atoms with van der Waals surface area (Å²) >= 11 is 6.29. The highest BCUT2D eigenvalue weighted by Gasteiger charge is 2.18. The van der Waals surface area contributed by atoms with Crippen molar-refractivity contribution in [2.75, 3.05) is 33.4 Å². The van der Waals surface area contributed by atoms with Crippen molar-refractivity contribution < 1.29 is 14.3 Å². The standard InChI is InChI=1S/C17H25ClN2O3/c1-3-23-16-10-13(14(18)11-15(16)22-2)12-19-7-5-9-20-8-4-6-17(20)21/h10-11,19H,3-9,12H2,1-2H3. The van der Waals surface area contributed by atoms with Gasteiger partial charge in [-0.1, -0.05) is 11.6 Å². The lowest BCUT2D eigenvalue weighted by Crippen LogP contribution is -2.28. The van der Waals surface area contributed by atoms with E-state index >= 15 is 0 Å². The number of likely N-dealkylation sites (tertiary alicyclic amines) is 1. The van der Waals surface area contributed by atoms with E-state index < -0.39 is 0 Å². The number of hydrogen-bond acceptors (Lipinski definition) is 4. The van der Waals surface area contributed by atoms with E-state index in [-0.39, 0.29) is 5.91 Å². The Morgan fingerprint density at radius 1 is 1.35 bits per heavy atom. The number of carbonyl (C=O) groups excluding carboxylic acids is 1. The monoisotopic (exact) mass is 340 g/mol. The molecule has 0 unspecified atom stereocenters. The maximum Gasteiger partial charge on any atom is 0.222 e. The second-order valence-electron chi connectivity index (χ2n) is 5.54. The van der Waals surface area contributed by atoms with Crippen LogP contribution >= 0.6 is 11.6 Å². The number of carbonyl (C=O) groups is 1. The quantitative estimate of drug-likeness (QED) is 0.702. The zero-order valence-corrected chi connectivity index (χ0v) is 14.6. The minimum absolute atomic E-state index is 0.282. The molecular formula is C17H25ClN2O3. The van der Waals surface area contributed by atoms with Crippen molar-refractivity contribution in [2.24, 2.45) is 0 Å². The number of benzene rings is 1. The lowest BCUT2D eigenvalue weighted by atomic mass is 10.2. The van der Waals surface area contributed by atoms with E-state index in [1.165, 1.54) is 0 Å². The van der Waals surface area contributed by atoms with Gasteiger partial charge in [0.15, 0.2) is 11.5 Å². The highest BCUT2D eigenvalue weighted by atomic mass is 35.5. The van der Waals surface area contributed by atoms with Crippen LogP contribution in [0.5, 0.6) is 11.5 Å². The molecule has 128 valence electrons.